The normalized spacial score (nSPS) is 12.5. The molecule has 1 heterocycles. The topological polar surface area (TPSA) is 24.9 Å². The van der Waals surface area contributed by atoms with Crippen LogP contribution >= 0.6 is 15.9 Å². The van der Waals surface area contributed by atoms with Gasteiger partial charge in [0, 0.05) is 6.54 Å². The van der Waals surface area contributed by atoms with Crippen LogP contribution in [0.2, 0.25) is 0 Å². The molecule has 0 aromatic carbocycles. The lowest BCUT2D eigenvalue weighted by Gasteiger charge is -2.12. The Balaban J connectivity index is 2.47. The van der Waals surface area contributed by atoms with Crippen molar-refractivity contribution in [3.05, 3.63) is 22.4 Å². The molecule has 2 nitrogen and oxygen atoms in total. The molecule has 0 spiro atoms. The fourth-order valence-corrected chi connectivity index (χ4v) is 1.76. The van der Waals surface area contributed by atoms with E-state index in [2.05, 4.69) is 53.1 Å². The summed E-state index contributed by atoms with van der Waals surface area (Å²) in [7, 11) is 0. The van der Waals surface area contributed by atoms with Gasteiger partial charge in [-0.05, 0) is 46.8 Å². The number of hydrogen-bond acceptors (Lipinski definition) is 2. The Kier molecular flexibility index (Phi) is 5.09. The Morgan fingerprint density at radius 1 is 1.53 bits per heavy atom. The molecular weight excluding hydrogens is 252 g/mol. The molecule has 1 rings (SSSR count). The third-order valence-corrected chi connectivity index (χ3v) is 3.28. The van der Waals surface area contributed by atoms with Crippen LogP contribution in [0.5, 0.6) is 0 Å². The second-order valence-corrected chi connectivity index (χ2v) is 4.86. The minimum absolute atomic E-state index is 0.721. The first-order chi connectivity index (χ1) is 7.13. The van der Waals surface area contributed by atoms with E-state index in [1.54, 1.807) is 0 Å². The Bertz CT molecular complexity index is 312. The molecule has 0 amide bonds. The zero-order chi connectivity index (χ0) is 11.3. The third kappa shape index (κ3) is 4.20. The van der Waals surface area contributed by atoms with E-state index in [-0.39, 0.29) is 0 Å². The molecule has 1 aromatic heterocycles. The van der Waals surface area contributed by atoms with E-state index < -0.39 is 0 Å². The molecule has 0 radical (unpaired) electrons. The maximum absolute atomic E-state index is 4.26. The lowest BCUT2D eigenvalue weighted by Crippen LogP contribution is -2.11. The van der Waals surface area contributed by atoms with Crippen LogP contribution in [0.1, 0.15) is 32.3 Å². The number of aryl methyl sites for hydroxylation is 1. The number of halogens is 1. The molecule has 0 aliphatic carbocycles. The number of nitrogens with one attached hydrogen (secondary N) is 1. The molecule has 0 fully saturated rings. The summed E-state index contributed by atoms with van der Waals surface area (Å²) in [6.07, 6.45) is 4.39. The zero-order valence-corrected chi connectivity index (χ0v) is 11.3. The van der Waals surface area contributed by atoms with Crippen molar-refractivity contribution in [2.45, 2.75) is 33.6 Å². The predicted molar refractivity (Wildman–Crippen MR) is 69.2 cm³/mol. The maximum Gasteiger partial charge on any atom is 0.109 e. The van der Waals surface area contributed by atoms with E-state index >= 15 is 0 Å². The van der Waals surface area contributed by atoms with Crippen molar-refractivity contribution in [1.29, 1.82) is 0 Å². The first-order valence-electron chi connectivity index (χ1n) is 5.49. The summed E-state index contributed by atoms with van der Waals surface area (Å²) < 4.78 is 0.926. The van der Waals surface area contributed by atoms with Gasteiger partial charge < -0.3 is 5.32 Å². The highest BCUT2D eigenvalue weighted by Crippen LogP contribution is 2.17. The van der Waals surface area contributed by atoms with E-state index in [9.17, 15) is 0 Å². The zero-order valence-electron chi connectivity index (χ0n) is 9.68. The van der Waals surface area contributed by atoms with Crippen molar-refractivity contribution in [3.63, 3.8) is 0 Å². The highest BCUT2D eigenvalue weighted by atomic mass is 79.9. The van der Waals surface area contributed by atoms with Crippen LogP contribution in [0.25, 0.3) is 0 Å². The molecule has 0 bridgehead atoms. The Labute approximate surface area is 101 Å². The van der Waals surface area contributed by atoms with Gasteiger partial charge >= 0.3 is 0 Å². The third-order valence-electron chi connectivity index (χ3n) is 2.45. The van der Waals surface area contributed by atoms with Crippen LogP contribution in [-0.2, 0) is 0 Å². The summed E-state index contributed by atoms with van der Waals surface area (Å²) in [4.78, 5) is 4.26. The van der Waals surface area contributed by atoms with E-state index in [1.807, 2.05) is 6.20 Å². The number of pyridine rings is 1. The van der Waals surface area contributed by atoms with Crippen molar-refractivity contribution < 1.29 is 0 Å². The molecule has 3 heteroatoms. The van der Waals surface area contributed by atoms with Crippen molar-refractivity contribution in [2.75, 3.05) is 11.9 Å². The fraction of sp³-hybridized carbons (Fsp3) is 0.583. The number of hydrogen-bond donors (Lipinski definition) is 1. The quantitative estimate of drug-likeness (QED) is 0.819. The van der Waals surface area contributed by atoms with Gasteiger partial charge in [0.25, 0.3) is 0 Å². The maximum atomic E-state index is 4.26. The molecule has 84 valence electrons. The van der Waals surface area contributed by atoms with Gasteiger partial charge in [-0.3, -0.25) is 0 Å². The van der Waals surface area contributed by atoms with Gasteiger partial charge in [-0.2, -0.15) is 0 Å². The summed E-state index contributed by atoms with van der Waals surface area (Å²) in [6, 6.07) is 2.12. The smallest absolute Gasteiger partial charge is 0.109 e. The number of aromatic nitrogens is 1. The summed E-state index contributed by atoms with van der Waals surface area (Å²) in [5.74, 6) is 0.721. The average molecular weight is 271 g/mol. The summed E-state index contributed by atoms with van der Waals surface area (Å²) in [5.41, 5.74) is 2.28. The minimum Gasteiger partial charge on any atom is -0.384 e. The van der Waals surface area contributed by atoms with E-state index in [0.29, 0.717) is 0 Å². The lowest BCUT2D eigenvalue weighted by atomic mass is 10.1. The van der Waals surface area contributed by atoms with Crippen LogP contribution < -0.4 is 5.32 Å². The second kappa shape index (κ2) is 6.11. The number of anilines is 1. The highest BCUT2D eigenvalue weighted by Gasteiger charge is 2.02. The van der Waals surface area contributed by atoms with Gasteiger partial charge in [0.1, 0.15) is 4.60 Å². The van der Waals surface area contributed by atoms with Gasteiger partial charge in [-0.25, -0.2) is 4.98 Å². The van der Waals surface area contributed by atoms with Crippen molar-refractivity contribution >= 4 is 21.6 Å². The highest BCUT2D eigenvalue weighted by molar-refractivity contribution is 9.10. The van der Waals surface area contributed by atoms with Gasteiger partial charge in [0.05, 0.1) is 11.9 Å². The second-order valence-electron chi connectivity index (χ2n) is 4.11. The summed E-state index contributed by atoms with van der Waals surface area (Å²) >= 11 is 3.40. The fourth-order valence-electron chi connectivity index (χ4n) is 1.54. The van der Waals surface area contributed by atoms with Crippen LogP contribution in [0.15, 0.2) is 16.9 Å². The molecule has 0 saturated heterocycles. The Hall–Kier alpha value is -0.570. The molecule has 15 heavy (non-hydrogen) atoms. The van der Waals surface area contributed by atoms with Crippen LogP contribution in [-0.4, -0.2) is 11.5 Å². The molecule has 0 aliphatic rings. The Morgan fingerprint density at radius 3 is 2.87 bits per heavy atom. The van der Waals surface area contributed by atoms with E-state index in [4.69, 9.17) is 0 Å². The monoisotopic (exact) mass is 270 g/mol. The lowest BCUT2D eigenvalue weighted by molar-refractivity contribution is 0.550. The number of rotatable bonds is 5. The summed E-state index contributed by atoms with van der Waals surface area (Å²) in [6.45, 7) is 7.58. The average Bonchev–Trinajstić information content (AvgIpc) is 2.20. The molecule has 1 unspecified atom stereocenters. The standard InChI is InChI=1S/C12H19BrN2/c1-4-5-9(2)7-14-11-6-10(3)12(13)15-8-11/h6,8-9,14H,4-5,7H2,1-3H3. The van der Waals surface area contributed by atoms with Crippen LogP contribution in [0.4, 0.5) is 5.69 Å². The van der Waals surface area contributed by atoms with Crippen molar-refractivity contribution in [2.24, 2.45) is 5.92 Å². The largest absolute Gasteiger partial charge is 0.384 e. The summed E-state index contributed by atoms with van der Waals surface area (Å²) in [5, 5.41) is 3.41. The van der Waals surface area contributed by atoms with Crippen molar-refractivity contribution in [1.82, 2.24) is 4.98 Å². The minimum atomic E-state index is 0.721. The van der Waals surface area contributed by atoms with Gasteiger partial charge in [0.2, 0.25) is 0 Å². The van der Waals surface area contributed by atoms with Gasteiger partial charge in [0.15, 0.2) is 0 Å². The van der Waals surface area contributed by atoms with E-state index in [1.165, 1.54) is 18.4 Å². The molecule has 1 aromatic rings. The van der Waals surface area contributed by atoms with Gasteiger partial charge in [-0.1, -0.05) is 20.3 Å². The van der Waals surface area contributed by atoms with E-state index in [0.717, 1.165) is 22.8 Å². The molecule has 1 N–H and O–H groups in total. The Morgan fingerprint density at radius 2 is 2.27 bits per heavy atom. The molecule has 0 aliphatic heterocycles. The molecule has 0 saturated carbocycles. The van der Waals surface area contributed by atoms with Crippen LogP contribution in [0, 0.1) is 12.8 Å². The number of nitrogens with zero attached hydrogens (tertiary/aromatic N) is 1. The van der Waals surface area contributed by atoms with Crippen molar-refractivity contribution in [3.8, 4) is 0 Å². The first kappa shape index (κ1) is 12.5. The molecule has 1 atom stereocenters. The predicted octanol–water partition coefficient (Wildman–Crippen LogP) is 4.00. The van der Waals surface area contributed by atoms with Gasteiger partial charge in [-0.15, -0.1) is 0 Å². The SMILES string of the molecule is CCCC(C)CNc1cnc(Br)c(C)c1. The molecular formula is C12H19BrN2. The first-order valence-corrected chi connectivity index (χ1v) is 6.28. The van der Waals surface area contributed by atoms with Crippen LogP contribution in [0.3, 0.4) is 0 Å².